The molecule has 1 N–H and O–H groups in total. The van der Waals surface area contributed by atoms with Gasteiger partial charge in [-0.3, -0.25) is 14.5 Å². The smallest absolute Gasteiger partial charge is 0.238 e. The molecule has 0 aliphatic carbocycles. The third-order valence-electron chi connectivity index (χ3n) is 3.71. The normalized spacial score (nSPS) is 10.7. The molecule has 2 rings (SSSR count). The molecule has 138 valence electrons. The fraction of sp³-hybridized carbons (Fsp3) is 0.263. The lowest BCUT2D eigenvalue weighted by Crippen LogP contribution is -2.39. The summed E-state index contributed by atoms with van der Waals surface area (Å²) in [4.78, 5) is 27.7. The highest BCUT2D eigenvalue weighted by atomic mass is 35.5. The van der Waals surface area contributed by atoms with Crippen LogP contribution in [0.4, 0.5) is 5.69 Å². The van der Waals surface area contributed by atoms with Gasteiger partial charge in [0.05, 0.1) is 13.1 Å². The summed E-state index contributed by atoms with van der Waals surface area (Å²) in [5.41, 5.74) is 1.66. The molecule has 0 radical (unpaired) electrons. The van der Waals surface area contributed by atoms with E-state index in [0.717, 1.165) is 5.56 Å². The summed E-state index contributed by atoms with van der Waals surface area (Å²) < 4.78 is 0. The Labute approximate surface area is 163 Å². The second-order valence-electron chi connectivity index (χ2n) is 6.10. The Morgan fingerprint density at radius 2 is 1.42 bits per heavy atom. The molecule has 5 nitrogen and oxygen atoms in total. The standard InChI is InChI=1S/C19H21Cl2N3O2/c1-23(12-18(25)22-17-9-7-16(21)8-10-17)13-19(26)24(2)11-14-3-5-15(20)6-4-14/h3-10H,11-13H2,1-2H3,(H,22,25). The number of carbonyl (C=O) groups excluding carboxylic acids is 2. The van der Waals surface area contributed by atoms with E-state index in [-0.39, 0.29) is 24.9 Å². The van der Waals surface area contributed by atoms with E-state index in [1.807, 2.05) is 12.1 Å². The van der Waals surface area contributed by atoms with Crippen molar-refractivity contribution in [2.75, 3.05) is 32.5 Å². The summed E-state index contributed by atoms with van der Waals surface area (Å²) in [5.74, 6) is -0.260. The first-order valence-corrected chi connectivity index (χ1v) is 8.81. The number of anilines is 1. The molecule has 2 aromatic carbocycles. The van der Waals surface area contributed by atoms with Crippen molar-refractivity contribution in [2.45, 2.75) is 6.54 Å². The number of hydrogen-bond donors (Lipinski definition) is 1. The zero-order chi connectivity index (χ0) is 19.1. The molecule has 0 aliphatic heterocycles. The maximum absolute atomic E-state index is 12.3. The molecule has 0 aromatic heterocycles. The van der Waals surface area contributed by atoms with E-state index in [0.29, 0.717) is 22.3 Å². The van der Waals surface area contributed by atoms with E-state index >= 15 is 0 Å². The van der Waals surface area contributed by atoms with Crippen LogP contribution in [0.1, 0.15) is 5.56 Å². The van der Waals surface area contributed by atoms with E-state index < -0.39 is 0 Å². The summed E-state index contributed by atoms with van der Waals surface area (Å²) in [6, 6.07) is 14.2. The van der Waals surface area contributed by atoms with Crippen molar-refractivity contribution in [1.82, 2.24) is 9.80 Å². The minimum Gasteiger partial charge on any atom is -0.340 e. The predicted octanol–water partition coefficient (Wildman–Crippen LogP) is 3.52. The van der Waals surface area contributed by atoms with E-state index in [4.69, 9.17) is 23.2 Å². The van der Waals surface area contributed by atoms with Crippen molar-refractivity contribution in [3.05, 3.63) is 64.1 Å². The summed E-state index contributed by atoms with van der Waals surface area (Å²) in [6.45, 7) is 0.752. The van der Waals surface area contributed by atoms with Gasteiger partial charge in [0.1, 0.15) is 0 Å². The number of halogens is 2. The van der Waals surface area contributed by atoms with Crippen molar-refractivity contribution in [3.63, 3.8) is 0 Å². The van der Waals surface area contributed by atoms with Gasteiger partial charge in [0, 0.05) is 29.3 Å². The second-order valence-corrected chi connectivity index (χ2v) is 6.98. The molecule has 0 unspecified atom stereocenters. The summed E-state index contributed by atoms with van der Waals surface area (Å²) >= 11 is 11.7. The first-order chi connectivity index (χ1) is 12.3. The quantitative estimate of drug-likeness (QED) is 0.782. The number of amides is 2. The molecular weight excluding hydrogens is 373 g/mol. The van der Waals surface area contributed by atoms with Crippen LogP contribution in [0.15, 0.2) is 48.5 Å². The molecule has 0 saturated carbocycles. The molecule has 0 saturated heterocycles. The van der Waals surface area contributed by atoms with Gasteiger partial charge in [-0.1, -0.05) is 35.3 Å². The minimum atomic E-state index is -0.192. The molecular formula is C19H21Cl2N3O2. The van der Waals surface area contributed by atoms with Crippen LogP contribution in [-0.2, 0) is 16.1 Å². The van der Waals surface area contributed by atoms with Crippen LogP contribution in [0.5, 0.6) is 0 Å². The first-order valence-electron chi connectivity index (χ1n) is 8.06. The van der Waals surface area contributed by atoms with Crippen molar-refractivity contribution >= 4 is 40.7 Å². The Bertz CT molecular complexity index is 748. The second kappa shape index (κ2) is 9.57. The Hall–Kier alpha value is -2.08. The van der Waals surface area contributed by atoms with Crippen molar-refractivity contribution in [3.8, 4) is 0 Å². The van der Waals surface area contributed by atoms with Gasteiger partial charge in [0.2, 0.25) is 11.8 Å². The lowest BCUT2D eigenvalue weighted by Gasteiger charge is -2.21. The van der Waals surface area contributed by atoms with Gasteiger partial charge in [-0.15, -0.1) is 0 Å². The van der Waals surface area contributed by atoms with Gasteiger partial charge in [-0.2, -0.15) is 0 Å². The molecule has 7 heteroatoms. The molecule has 0 heterocycles. The van der Waals surface area contributed by atoms with Gasteiger partial charge >= 0.3 is 0 Å². The number of nitrogens with one attached hydrogen (secondary N) is 1. The average Bonchev–Trinajstić information content (AvgIpc) is 2.58. The Morgan fingerprint density at radius 3 is 2.00 bits per heavy atom. The number of rotatable bonds is 7. The molecule has 2 aromatic rings. The molecule has 0 atom stereocenters. The fourth-order valence-electron chi connectivity index (χ4n) is 2.34. The summed E-state index contributed by atoms with van der Waals surface area (Å²) in [7, 11) is 3.47. The molecule has 0 aliphatic rings. The van der Waals surface area contributed by atoms with Crippen LogP contribution in [0.25, 0.3) is 0 Å². The van der Waals surface area contributed by atoms with Crippen LogP contribution < -0.4 is 5.32 Å². The Kier molecular flexibility index (Phi) is 7.45. The Morgan fingerprint density at radius 1 is 0.885 bits per heavy atom. The van der Waals surface area contributed by atoms with Gasteiger partial charge in [0.15, 0.2) is 0 Å². The number of carbonyl (C=O) groups is 2. The maximum Gasteiger partial charge on any atom is 0.238 e. The van der Waals surface area contributed by atoms with Crippen LogP contribution >= 0.6 is 23.2 Å². The monoisotopic (exact) mass is 393 g/mol. The average molecular weight is 394 g/mol. The maximum atomic E-state index is 12.3. The predicted molar refractivity (Wildman–Crippen MR) is 106 cm³/mol. The largest absolute Gasteiger partial charge is 0.340 e. The highest BCUT2D eigenvalue weighted by Crippen LogP contribution is 2.13. The van der Waals surface area contributed by atoms with Crippen molar-refractivity contribution in [2.24, 2.45) is 0 Å². The topological polar surface area (TPSA) is 52.7 Å². The minimum absolute atomic E-state index is 0.0678. The van der Waals surface area contributed by atoms with Gasteiger partial charge in [-0.05, 0) is 49.0 Å². The lowest BCUT2D eigenvalue weighted by molar-refractivity contribution is -0.131. The van der Waals surface area contributed by atoms with E-state index in [1.165, 1.54) is 0 Å². The highest BCUT2D eigenvalue weighted by molar-refractivity contribution is 6.30. The third-order valence-corrected chi connectivity index (χ3v) is 4.21. The summed E-state index contributed by atoms with van der Waals surface area (Å²) in [5, 5.41) is 4.04. The zero-order valence-electron chi connectivity index (χ0n) is 14.7. The number of likely N-dealkylation sites (N-methyl/N-ethyl adjacent to an activating group) is 2. The first kappa shape index (κ1) is 20.2. The number of benzene rings is 2. The number of nitrogens with zero attached hydrogens (tertiary/aromatic N) is 2. The summed E-state index contributed by atoms with van der Waals surface area (Å²) in [6.07, 6.45) is 0. The van der Waals surface area contributed by atoms with E-state index in [2.05, 4.69) is 5.32 Å². The van der Waals surface area contributed by atoms with Gasteiger partial charge in [-0.25, -0.2) is 0 Å². The molecule has 0 bridgehead atoms. The van der Waals surface area contributed by atoms with Crippen molar-refractivity contribution in [1.29, 1.82) is 0 Å². The van der Waals surface area contributed by atoms with Crippen LogP contribution in [-0.4, -0.2) is 48.8 Å². The zero-order valence-corrected chi connectivity index (χ0v) is 16.2. The molecule has 0 spiro atoms. The fourth-order valence-corrected chi connectivity index (χ4v) is 2.59. The molecule has 2 amide bonds. The van der Waals surface area contributed by atoms with Crippen molar-refractivity contribution < 1.29 is 9.59 Å². The van der Waals surface area contributed by atoms with Crippen LogP contribution in [0.3, 0.4) is 0 Å². The number of hydrogen-bond acceptors (Lipinski definition) is 3. The van der Waals surface area contributed by atoms with Gasteiger partial charge in [0.25, 0.3) is 0 Å². The van der Waals surface area contributed by atoms with Gasteiger partial charge < -0.3 is 10.2 Å². The van der Waals surface area contributed by atoms with E-state index in [9.17, 15) is 9.59 Å². The molecule has 26 heavy (non-hydrogen) atoms. The molecule has 0 fully saturated rings. The van der Waals surface area contributed by atoms with Crippen LogP contribution in [0.2, 0.25) is 10.0 Å². The van der Waals surface area contributed by atoms with Crippen LogP contribution in [0, 0.1) is 0 Å². The van der Waals surface area contributed by atoms with E-state index in [1.54, 1.807) is 60.3 Å². The third kappa shape index (κ3) is 6.67. The lowest BCUT2D eigenvalue weighted by atomic mass is 10.2. The SMILES string of the molecule is CN(CC(=O)Nc1ccc(Cl)cc1)CC(=O)N(C)Cc1ccc(Cl)cc1. The Balaban J connectivity index is 1.79. The highest BCUT2D eigenvalue weighted by Gasteiger charge is 2.14.